The molecule has 0 aliphatic carbocycles. The third kappa shape index (κ3) is 3.92. The average molecular weight is 639 g/mol. The van der Waals surface area contributed by atoms with E-state index >= 15 is 0 Å². The molecule has 0 bridgehead atoms. The molecule has 0 aliphatic rings. The van der Waals surface area contributed by atoms with Crippen LogP contribution in [0, 0.1) is 0 Å². The van der Waals surface area contributed by atoms with Gasteiger partial charge in [-0.3, -0.25) is 0 Å². The second-order valence-corrected chi connectivity index (χ2v) is 12.9. The summed E-state index contributed by atoms with van der Waals surface area (Å²) in [5.74, 6) is 0.701. The van der Waals surface area contributed by atoms with Crippen molar-refractivity contribution in [3.63, 3.8) is 0 Å². The standard InChI is InChI=1S/C45H26N4O/c1-2-10-27(11-3-1)28-12-8-14-31(22-28)42-33-16-4-6-18-37(33)47-45(48-42)32-15-9-13-29(23-32)30-20-21-40-35(24-30)36-25-38-44(50-26-46-38)41-34-17-5-7-19-39(34)49(40)43(36)41/h1-26H. The van der Waals surface area contributed by atoms with E-state index in [2.05, 4.69) is 149 Å². The Labute approximate surface area is 286 Å². The molecule has 0 radical (unpaired) electrons. The first-order valence-corrected chi connectivity index (χ1v) is 16.8. The Morgan fingerprint density at radius 2 is 1.12 bits per heavy atom. The smallest absolute Gasteiger partial charge is 0.182 e. The fraction of sp³-hybridized carbons (Fsp3) is 0. The largest absolute Gasteiger partial charge is 0.443 e. The van der Waals surface area contributed by atoms with Crippen LogP contribution in [0.25, 0.3) is 105 Å². The van der Waals surface area contributed by atoms with Gasteiger partial charge in [0, 0.05) is 32.7 Å². The van der Waals surface area contributed by atoms with E-state index in [4.69, 9.17) is 14.4 Å². The second kappa shape index (κ2) is 10.3. The van der Waals surface area contributed by atoms with Crippen molar-refractivity contribution in [2.45, 2.75) is 0 Å². The molecule has 11 rings (SSSR count). The van der Waals surface area contributed by atoms with Crippen LogP contribution in [0.1, 0.15) is 0 Å². The third-order valence-electron chi connectivity index (χ3n) is 10.1. The molecule has 4 aromatic heterocycles. The SMILES string of the molecule is c1ccc(-c2cccc(-c3nc(-c4cccc(-c5ccc6c(c5)c5cc7ncoc7c7c8ccccc8n6c57)c4)nc4ccccc34)c2)cc1. The number of hydrogen-bond donors (Lipinski definition) is 0. The summed E-state index contributed by atoms with van der Waals surface area (Å²) >= 11 is 0. The van der Waals surface area contributed by atoms with Crippen molar-refractivity contribution in [2.75, 3.05) is 0 Å². The Morgan fingerprint density at radius 3 is 2.02 bits per heavy atom. The number of oxazole rings is 1. The Kier molecular flexibility index (Phi) is 5.60. The number of para-hydroxylation sites is 2. The number of benzene rings is 7. The minimum Gasteiger partial charge on any atom is -0.443 e. The number of rotatable bonds is 4. The average Bonchev–Trinajstić information content (AvgIpc) is 3.89. The first-order chi connectivity index (χ1) is 24.8. The lowest BCUT2D eigenvalue weighted by atomic mass is 9.98. The van der Waals surface area contributed by atoms with Gasteiger partial charge in [0.25, 0.3) is 0 Å². The molecule has 5 nitrogen and oxygen atoms in total. The van der Waals surface area contributed by atoms with Crippen molar-refractivity contribution in [3.8, 4) is 44.9 Å². The maximum absolute atomic E-state index is 5.94. The fourth-order valence-corrected chi connectivity index (χ4v) is 7.80. The lowest BCUT2D eigenvalue weighted by molar-refractivity contribution is 0.605. The van der Waals surface area contributed by atoms with Crippen LogP contribution in [0.4, 0.5) is 0 Å². The lowest BCUT2D eigenvalue weighted by Crippen LogP contribution is -1.95. The Bertz CT molecular complexity index is 3100. The molecule has 7 aromatic carbocycles. The molecule has 0 spiro atoms. The number of aromatic nitrogens is 4. The Hall–Kier alpha value is -6.85. The molecule has 0 atom stereocenters. The molecular weight excluding hydrogens is 613 g/mol. The highest BCUT2D eigenvalue weighted by Crippen LogP contribution is 2.44. The molecular formula is C45H26N4O. The van der Waals surface area contributed by atoms with Gasteiger partial charge in [0.2, 0.25) is 0 Å². The van der Waals surface area contributed by atoms with Gasteiger partial charge in [-0.15, -0.1) is 0 Å². The predicted molar refractivity (Wildman–Crippen MR) is 204 cm³/mol. The van der Waals surface area contributed by atoms with Gasteiger partial charge in [-0.1, -0.05) is 109 Å². The van der Waals surface area contributed by atoms with Crippen LogP contribution in [0.5, 0.6) is 0 Å². The van der Waals surface area contributed by atoms with Crippen molar-refractivity contribution in [2.24, 2.45) is 0 Å². The molecule has 0 saturated heterocycles. The Balaban J connectivity index is 1.07. The van der Waals surface area contributed by atoms with Crippen LogP contribution < -0.4 is 0 Å². The van der Waals surface area contributed by atoms with Crippen molar-refractivity contribution in [1.82, 2.24) is 19.4 Å². The molecule has 0 N–H and O–H groups in total. The van der Waals surface area contributed by atoms with Gasteiger partial charge in [0.05, 0.1) is 33.1 Å². The first kappa shape index (κ1) is 27.1. The van der Waals surface area contributed by atoms with Gasteiger partial charge in [-0.05, 0) is 64.7 Å². The van der Waals surface area contributed by atoms with Gasteiger partial charge in [-0.2, -0.15) is 0 Å². The highest BCUT2D eigenvalue weighted by Gasteiger charge is 2.22. The van der Waals surface area contributed by atoms with Gasteiger partial charge in [-0.25, -0.2) is 15.0 Å². The quantitative estimate of drug-likeness (QED) is 0.192. The minimum absolute atomic E-state index is 0.701. The summed E-state index contributed by atoms with van der Waals surface area (Å²) in [5, 5.41) is 5.68. The summed E-state index contributed by atoms with van der Waals surface area (Å²) in [6.45, 7) is 0. The van der Waals surface area contributed by atoms with Crippen molar-refractivity contribution in [1.29, 1.82) is 0 Å². The predicted octanol–water partition coefficient (Wildman–Crippen LogP) is 11.6. The summed E-state index contributed by atoms with van der Waals surface area (Å²) in [4.78, 5) is 14.9. The van der Waals surface area contributed by atoms with E-state index in [1.165, 1.54) is 38.3 Å². The van der Waals surface area contributed by atoms with E-state index in [9.17, 15) is 0 Å². The molecule has 0 fully saturated rings. The van der Waals surface area contributed by atoms with E-state index in [1.54, 1.807) is 6.39 Å². The third-order valence-corrected chi connectivity index (χ3v) is 10.1. The monoisotopic (exact) mass is 638 g/mol. The van der Waals surface area contributed by atoms with Crippen LogP contribution in [-0.4, -0.2) is 19.4 Å². The van der Waals surface area contributed by atoms with Crippen LogP contribution in [-0.2, 0) is 0 Å². The molecule has 11 aromatic rings. The number of fused-ring (bicyclic) bond motifs is 9. The number of nitrogens with zero attached hydrogens (tertiary/aromatic N) is 4. The summed E-state index contributed by atoms with van der Waals surface area (Å²) in [5.41, 5.74) is 13.7. The summed E-state index contributed by atoms with van der Waals surface area (Å²) in [6.07, 6.45) is 1.55. The van der Waals surface area contributed by atoms with E-state index in [1.807, 2.05) is 12.1 Å². The summed E-state index contributed by atoms with van der Waals surface area (Å²) in [7, 11) is 0. The zero-order valence-corrected chi connectivity index (χ0v) is 26.7. The zero-order valence-electron chi connectivity index (χ0n) is 26.7. The molecule has 50 heavy (non-hydrogen) atoms. The van der Waals surface area contributed by atoms with Crippen LogP contribution in [0.3, 0.4) is 0 Å². The molecule has 0 amide bonds. The van der Waals surface area contributed by atoms with Crippen molar-refractivity contribution in [3.05, 3.63) is 158 Å². The van der Waals surface area contributed by atoms with E-state index in [0.717, 1.165) is 60.9 Å². The molecule has 5 heteroatoms. The van der Waals surface area contributed by atoms with Gasteiger partial charge >= 0.3 is 0 Å². The molecule has 0 saturated carbocycles. The zero-order chi connectivity index (χ0) is 32.8. The van der Waals surface area contributed by atoms with E-state index in [0.29, 0.717) is 5.82 Å². The summed E-state index contributed by atoms with van der Waals surface area (Å²) < 4.78 is 8.31. The maximum Gasteiger partial charge on any atom is 0.182 e. The van der Waals surface area contributed by atoms with Crippen LogP contribution in [0.15, 0.2) is 162 Å². The van der Waals surface area contributed by atoms with Crippen LogP contribution >= 0.6 is 0 Å². The Morgan fingerprint density at radius 1 is 0.440 bits per heavy atom. The lowest BCUT2D eigenvalue weighted by Gasteiger charge is -2.12. The molecule has 0 unspecified atom stereocenters. The highest BCUT2D eigenvalue weighted by molar-refractivity contribution is 6.30. The highest BCUT2D eigenvalue weighted by atomic mass is 16.3. The van der Waals surface area contributed by atoms with Gasteiger partial charge < -0.3 is 8.82 Å². The van der Waals surface area contributed by atoms with Gasteiger partial charge in [0.15, 0.2) is 17.8 Å². The number of hydrogen-bond acceptors (Lipinski definition) is 4. The van der Waals surface area contributed by atoms with Crippen molar-refractivity contribution >= 4 is 60.1 Å². The van der Waals surface area contributed by atoms with Crippen LogP contribution in [0.2, 0.25) is 0 Å². The molecule has 232 valence electrons. The normalized spacial score (nSPS) is 12.0. The van der Waals surface area contributed by atoms with Crippen molar-refractivity contribution < 1.29 is 4.42 Å². The molecule has 4 heterocycles. The van der Waals surface area contributed by atoms with E-state index < -0.39 is 0 Å². The minimum atomic E-state index is 0.701. The second-order valence-electron chi connectivity index (χ2n) is 12.9. The van der Waals surface area contributed by atoms with Gasteiger partial charge in [0.1, 0.15) is 5.52 Å². The first-order valence-electron chi connectivity index (χ1n) is 16.8. The summed E-state index contributed by atoms with van der Waals surface area (Å²) in [6, 6.07) is 53.4. The topological polar surface area (TPSA) is 56.2 Å². The fourth-order valence-electron chi connectivity index (χ4n) is 7.80. The van der Waals surface area contributed by atoms with E-state index in [-0.39, 0.29) is 0 Å². The molecule has 0 aliphatic heterocycles. The maximum atomic E-state index is 5.94.